The van der Waals surface area contributed by atoms with Crippen LogP contribution in [0.25, 0.3) is 5.13 Å². The molecule has 0 unspecified atom stereocenters. The molecule has 0 aliphatic rings. The molecule has 0 spiro atoms. The van der Waals surface area contributed by atoms with Crippen LogP contribution in [0.3, 0.4) is 0 Å². The molecule has 0 aromatic carbocycles. The van der Waals surface area contributed by atoms with Gasteiger partial charge in [-0.2, -0.15) is 0 Å². The summed E-state index contributed by atoms with van der Waals surface area (Å²) in [6.07, 6.45) is 3.91. The normalized spacial score (nSPS) is 10.8. The van der Waals surface area contributed by atoms with Gasteiger partial charge in [0.15, 0.2) is 5.13 Å². The van der Waals surface area contributed by atoms with Crippen molar-refractivity contribution >= 4 is 17.2 Å². The number of nitrogens with zero attached hydrogens (tertiary/aromatic N) is 3. The summed E-state index contributed by atoms with van der Waals surface area (Å²) in [5, 5.41) is 2.86. The van der Waals surface area contributed by atoms with Gasteiger partial charge in [-0.1, -0.05) is 13.3 Å². The summed E-state index contributed by atoms with van der Waals surface area (Å²) in [4.78, 5) is 18.6. The second kappa shape index (κ2) is 6.22. The Morgan fingerprint density at radius 3 is 2.80 bits per heavy atom. The molecular weight excluding hydrogens is 270 g/mol. The fraction of sp³-hybridized carbons (Fsp3) is 0.467. The van der Waals surface area contributed by atoms with E-state index in [4.69, 9.17) is 0 Å². The van der Waals surface area contributed by atoms with Crippen LogP contribution in [-0.2, 0) is 0 Å². The third kappa shape index (κ3) is 2.77. The van der Waals surface area contributed by atoms with E-state index >= 15 is 0 Å². The Labute approximate surface area is 124 Å². The summed E-state index contributed by atoms with van der Waals surface area (Å²) in [6.45, 7) is 6.93. The van der Waals surface area contributed by atoms with E-state index in [9.17, 15) is 4.79 Å². The van der Waals surface area contributed by atoms with Gasteiger partial charge < -0.3 is 4.90 Å². The standard InChI is InChI=1S/C15H21N3OS/c1-5-6-8-17(4)14(19)13-10-11(2)18(12(13)3)15-16-7-9-20-15/h7,9-10H,5-6,8H2,1-4H3. The topological polar surface area (TPSA) is 38.1 Å². The second-order valence-corrected chi connectivity index (χ2v) is 5.89. The van der Waals surface area contributed by atoms with Crippen LogP contribution in [-0.4, -0.2) is 34.0 Å². The van der Waals surface area contributed by atoms with Gasteiger partial charge in [-0.05, 0) is 26.3 Å². The molecule has 108 valence electrons. The molecule has 4 nitrogen and oxygen atoms in total. The Bertz CT molecular complexity index is 587. The van der Waals surface area contributed by atoms with Crippen LogP contribution >= 0.6 is 11.3 Å². The molecule has 20 heavy (non-hydrogen) atoms. The van der Waals surface area contributed by atoms with Gasteiger partial charge in [0.05, 0.1) is 5.56 Å². The fourth-order valence-corrected chi connectivity index (χ4v) is 3.05. The molecule has 0 radical (unpaired) electrons. The summed E-state index contributed by atoms with van der Waals surface area (Å²) in [7, 11) is 1.87. The van der Waals surface area contributed by atoms with Gasteiger partial charge >= 0.3 is 0 Å². The number of thiazole rings is 1. The largest absolute Gasteiger partial charge is 0.342 e. The smallest absolute Gasteiger partial charge is 0.255 e. The fourth-order valence-electron chi connectivity index (χ4n) is 2.30. The number of hydrogen-bond donors (Lipinski definition) is 0. The summed E-state index contributed by atoms with van der Waals surface area (Å²) < 4.78 is 2.05. The van der Waals surface area contributed by atoms with Crippen LogP contribution in [0.4, 0.5) is 0 Å². The van der Waals surface area contributed by atoms with E-state index < -0.39 is 0 Å². The van der Waals surface area contributed by atoms with Gasteiger partial charge in [-0.15, -0.1) is 11.3 Å². The van der Waals surface area contributed by atoms with E-state index in [0.29, 0.717) is 0 Å². The monoisotopic (exact) mass is 291 g/mol. The highest BCUT2D eigenvalue weighted by Crippen LogP contribution is 2.23. The number of hydrogen-bond acceptors (Lipinski definition) is 3. The van der Waals surface area contributed by atoms with E-state index in [1.807, 2.05) is 36.9 Å². The SMILES string of the molecule is CCCCN(C)C(=O)c1cc(C)n(-c2nccs2)c1C. The Balaban J connectivity index is 2.30. The number of unbranched alkanes of at least 4 members (excludes halogenated alkanes) is 1. The first-order valence-electron chi connectivity index (χ1n) is 6.90. The van der Waals surface area contributed by atoms with Gasteiger partial charge in [0.2, 0.25) is 0 Å². The lowest BCUT2D eigenvalue weighted by atomic mass is 10.2. The Kier molecular flexibility index (Phi) is 4.60. The van der Waals surface area contributed by atoms with Crippen molar-refractivity contribution < 1.29 is 4.79 Å². The average Bonchev–Trinajstić information content (AvgIpc) is 3.03. The minimum atomic E-state index is 0.0920. The molecule has 0 aliphatic carbocycles. The zero-order valence-corrected chi connectivity index (χ0v) is 13.3. The number of carbonyl (C=O) groups is 1. The number of aryl methyl sites for hydroxylation is 1. The summed E-state index contributed by atoms with van der Waals surface area (Å²) in [5.74, 6) is 0.0920. The predicted molar refractivity (Wildman–Crippen MR) is 82.8 cm³/mol. The van der Waals surface area contributed by atoms with Gasteiger partial charge in [-0.25, -0.2) is 4.98 Å². The van der Waals surface area contributed by atoms with Gasteiger partial charge in [-0.3, -0.25) is 9.36 Å². The van der Waals surface area contributed by atoms with E-state index in [-0.39, 0.29) is 5.91 Å². The van der Waals surface area contributed by atoms with Crippen molar-refractivity contribution in [2.45, 2.75) is 33.6 Å². The molecule has 2 aromatic rings. The lowest BCUT2D eigenvalue weighted by Crippen LogP contribution is -2.28. The molecule has 0 bridgehead atoms. The highest BCUT2D eigenvalue weighted by atomic mass is 32.1. The highest BCUT2D eigenvalue weighted by molar-refractivity contribution is 7.12. The van der Waals surface area contributed by atoms with Crippen molar-refractivity contribution in [2.75, 3.05) is 13.6 Å². The van der Waals surface area contributed by atoms with Crippen molar-refractivity contribution in [1.29, 1.82) is 0 Å². The van der Waals surface area contributed by atoms with Crippen LogP contribution in [0.5, 0.6) is 0 Å². The Morgan fingerprint density at radius 2 is 2.20 bits per heavy atom. The third-order valence-corrected chi connectivity index (χ3v) is 4.22. The van der Waals surface area contributed by atoms with Crippen LogP contribution in [0.2, 0.25) is 0 Å². The molecule has 2 aromatic heterocycles. The van der Waals surface area contributed by atoms with Gasteiger partial charge in [0.1, 0.15) is 0 Å². The Morgan fingerprint density at radius 1 is 1.45 bits per heavy atom. The molecule has 0 fully saturated rings. The molecule has 0 N–H and O–H groups in total. The van der Waals surface area contributed by atoms with Crippen molar-refractivity contribution in [3.8, 4) is 5.13 Å². The maximum atomic E-state index is 12.5. The molecule has 0 saturated carbocycles. The molecule has 2 rings (SSSR count). The van der Waals surface area contributed by atoms with Crippen molar-refractivity contribution in [3.05, 3.63) is 34.6 Å². The first kappa shape index (κ1) is 14.8. The lowest BCUT2D eigenvalue weighted by Gasteiger charge is -2.16. The third-order valence-electron chi connectivity index (χ3n) is 3.47. The minimum absolute atomic E-state index is 0.0920. The van der Waals surface area contributed by atoms with Gasteiger partial charge in [0, 0.05) is 36.6 Å². The molecule has 0 saturated heterocycles. The summed E-state index contributed by atoms with van der Waals surface area (Å²) in [5.41, 5.74) is 2.78. The van der Waals surface area contributed by atoms with Crippen LogP contribution in [0.1, 0.15) is 41.5 Å². The zero-order chi connectivity index (χ0) is 14.7. The van der Waals surface area contributed by atoms with Crippen LogP contribution in [0, 0.1) is 13.8 Å². The molecule has 2 heterocycles. The Hall–Kier alpha value is -1.62. The molecular formula is C15H21N3OS. The maximum Gasteiger partial charge on any atom is 0.255 e. The summed E-state index contributed by atoms with van der Waals surface area (Å²) >= 11 is 1.58. The maximum absolute atomic E-state index is 12.5. The minimum Gasteiger partial charge on any atom is -0.342 e. The van der Waals surface area contributed by atoms with E-state index in [0.717, 1.165) is 41.5 Å². The second-order valence-electron chi connectivity index (χ2n) is 5.02. The van der Waals surface area contributed by atoms with Crippen molar-refractivity contribution in [3.63, 3.8) is 0 Å². The average molecular weight is 291 g/mol. The number of amides is 1. The zero-order valence-electron chi connectivity index (χ0n) is 12.5. The molecule has 0 aliphatic heterocycles. The molecule has 1 amide bonds. The number of rotatable bonds is 5. The van der Waals surface area contributed by atoms with E-state index in [2.05, 4.69) is 11.9 Å². The lowest BCUT2D eigenvalue weighted by molar-refractivity contribution is 0.0792. The van der Waals surface area contributed by atoms with Crippen molar-refractivity contribution in [2.24, 2.45) is 0 Å². The van der Waals surface area contributed by atoms with Crippen LogP contribution < -0.4 is 0 Å². The molecule has 5 heteroatoms. The quantitative estimate of drug-likeness (QED) is 0.846. The number of aromatic nitrogens is 2. The molecule has 0 atom stereocenters. The number of carbonyl (C=O) groups excluding carboxylic acids is 1. The predicted octanol–water partition coefficient (Wildman–Crippen LogP) is 3.42. The first-order valence-corrected chi connectivity index (χ1v) is 7.78. The first-order chi connectivity index (χ1) is 9.56. The van der Waals surface area contributed by atoms with E-state index in [1.165, 1.54) is 0 Å². The highest BCUT2D eigenvalue weighted by Gasteiger charge is 2.20. The van der Waals surface area contributed by atoms with Gasteiger partial charge in [0.25, 0.3) is 5.91 Å². The van der Waals surface area contributed by atoms with E-state index in [1.54, 1.807) is 22.4 Å². The summed E-state index contributed by atoms with van der Waals surface area (Å²) in [6, 6.07) is 1.96. The van der Waals surface area contributed by atoms with Crippen LogP contribution in [0.15, 0.2) is 17.6 Å². The van der Waals surface area contributed by atoms with Crippen molar-refractivity contribution in [1.82, 2.24) is 14.5 Å².